The molecule has 0 radical (unpaired) electrons. The molecule has 0 heterocycles. The second-order valence-corrected chi connectivity index (χ2v) is 7.07. The van der Waals surface area contributed by atoms with Gasteiger partial charge in [0.1, 0.15) is 11.5 Å². The summed E-state index contributed by atoms with van der Waals surface area (Å²) < 4.78 is 30.0. The molecule has 0 aliphatic heterocycles. The Balaban J connectivity index is 2.34. The third-order valence-corrected chi connectivity index (χ3v) is 4.91. The molecule has 0 aromatic heterocycles. The highest BCUT2D eigenvalue weighted by atomic mass is 32.2. The Morgan fingerprint density at radius 3 is 2.54 bits per heavy atom. The minimum absolute atomic E-state index is 0.0111. The minimum Gasteiger partial charge on any atom is -0.507 e. The van der Waals surface area contributed by atoms with Crippen LogP contribution in [0.25, 0.3) is 0 Å². The van der Waals surface area contributed by atoms with Gasteiger partial charge < -0.3 is 9.84 Å². The number of ether oxygens (including phenoxy) is 1. The molecule has 0 amide bonds. The van der Waals surface area contributed by atoms with E-state index in [2.05, 4.69) is 9.93 Å². The van der Waals surface area contributed by atoms with Crippen molar-refractivity contribution < 1.29 is 18.3 Å². The molecular formula is C17H20N2O4S. The van der Waals surface area contributed by atoms with Crippen LogP contribution in [0.15, 0.2) is 46.4 Å². The van der Waals surface area contributed by atoms with E-state index < -0.39 is 10.0 Å². The molecule has 0 unspecified atom stereocenters. The summed E-state index contributed by atoms with van der Waals surface area (Å²) in [6.07, 6.45) is 0. The summed E-state index contributed by atoms with van der Waals surface area (Å²) in [7, 11) is -2.29. The SMILES string of the molecule is COc1ccc(O)c(/C(C)=N/NS(=O)(=O)c2cc(C)ccc2C)c1. The minimum atomic E-state index is -3.80. The van der Waals surface area contributed by atoms with Crippen LogP contribution in [0.2, 0.25) is 0 Å². The van der Waals surface area contributed by atoms with E-state index in [1.807, 2.05) is 13.0 Å². The number of sulfonamides is 1. The average molecular weight is 348 g/mol. The van der Waals surface area contributed by atoms with Crippen molar-refractivity contribution in [3.8, 4) is 11.5 Å². The van der Waals surface area contributed by atoms with E-state index in [-0.39, 0.29) is 10.6 Å². The third kappa shape index (κ3) is 3.86. The molecule has 0 fully saturated rings. The number of phenolic OH excluding ortho intramolecular Hbond substituents is 1. The lowest BCUT2D eigenvalue weighted by Crippen LogP contribution is -2.21. The second-order valence-electron chi connectivity index (χ2n) is 5.44. The van der Waals surface area contributed by atoms with Gasteiger partial charge in [-0.05, 0) is 56.2 Å². The van der Waals surface area contributed by atoms with E-state index in [0.717, 1.165) is 5.56 Å². The lowest BCUT2D eigenvalue weighted by molar-refractivity contribution is 0.412. The van der Waals surface area contributed by atoms with Crippen LogP contribution in [-0.4, -0.2) is 26.3 Å². The zero-order chi connectivity index (χ0) is 17.9. The van der Waals surface area contributed by atoms with Crippen molar-refractivity contribution in [2.24, 2.45) is 5.10 Å². The number of hydrogen-bond acceptors (Lipinski definition) is 5. The highest BCUT2D eigenvalue weighted by Gasteiger charge is 2.17. The number of rotatable bonds is 5. The fourth-order valence-corrected chi connectivity index (χ4v) is 3.36. The van der Waals surface area contributed by atoms with Crippen molar-refractivity contribution in [1.29, 1.82) is 0 Å². The smallest absolute Gasteiger partial charge is 0.276 e. The fourth-order valence-electron chi connectivity index (χ4n) is 2.17. The second kappa shape index (κ2) is 6.92. The first-order chi connectivity index (χ1) is 11.2. The van der Waals surface area contributed by atoms with Gasteiger partial charge in [0.15, 0.2) is 0 Å². The van der Waals surface area contributed by atoms with Crippen LogP contribution in [0.5, 0.6) is 11.5 Å². The molecule has 24 heavy (non-hydrogen) atoms. The molecule has 0 aliphatic carbocycles. The summed E-state index contributed by atoms with van der Waals surface area (Å²) in [6, 6.07) is 9.83. The zero-order valence-electron chi connectivity index (χ0n) is 14.0. The van der Waals surface area contributed by atoms with E-state index in [1.54, 1.807) is 38.1 Å². The summed E-state index contributed by atoms with van der Waals surface area (Å²) >= 11 is 0. The summed E-state index contributed by atoms with van der Waals surface area (Å²) in [5.74, 6) is 0.526. The number of aromatic hydroxyl groups is 1. The Labute approximate surface area is 141 Å². The molecule has 128 valence electrons. The lowest BCUT2D eigenvalue weighted by atomic mass is 10.1. The molecule has 2 N–H and O–H groups in total. The van der Waals surface area contributed by atoms with Crippen molar-refractivity contribution in [3.05, 3.63) is 53.1 Å². The molecular weight excluding hydrogens is 328 g/mol. The molecule has 2 aromatic carbocycles. The quantitative estimate of drug-likeness (QED) is 0.642. The van der Waals surface area contributed by atoms with Crippen LogP contribution >= 0.6 is 0 Å². The van der Waals surface area contributed by atoms with Crippen molar-refractivity contribution in [3.63, 3.8) is 0 Å². The average Bonchev–Trinajstić information content (AvgIpc) is 2.55. The number of phenols is 1. The van der Waals surface area contributed by atoms with Crippen LogP contribution in [0.3, 0.4) is 0 Å². The molecule has 0 bridgehead atoms. The number of hydrazone groups is 1. The third-order valence-electron chi connectivity index (χ3n) is 3.56. The maximum atomic E-state index is 12.4. The fraction of sp³-hybridized carbons (Fsp3) is 0.235. The Kier molecular flexibility index (Phi) is 5.14. The predicted molar refractivity (Wildman–Crippen MR) is 93.1 cm³/mol. The molecule has 0 atom stereocenters. The van der Waals surface area contributed by atoms with Crippen molar-refractivity contribution >= 4 is 15.7 Å². The number of nitrogens with zero attached hydrogens (tertiary/aromatic N) is 1. The van der Waals surface area contributed by atoms with Crippen molar-refractivity contribution in [1.82, 2.24) is 4.83 Å². The lowest BCUT2D eigenvalue weighted by Gasteiger charge is -2.10. The van der Waals surface area contributed by atoms with Crippen LogP contribution in [0.4, 0.5) is 0 Å². The predicted octanol–water partition coefficient (Wildman–Crippen LogP) is 2.72. The van der Waals surface area contributed by atoms with Gasteiger partial charge in [-0.25, -0.2) is 0 Å². The van der Waals surface area contributed by atoms with E-state index in [4.69, 9.17) is 4.74 Å². The first-order valence-corrected chi connectivity index (χ1v) is 8.73. The molecule has 0 saturated heterocycles. The zero-order valence-corrected chi connectivity index (χ0v) is 14.8. The molecule has 0 spiro atoms. The Bertz CT molecular complexity index is 889. The topological polar surface area (TPSA) is 88.0 Å². The first kappa shape index (κ1) is 17.8. The van der Waals surface area contributed by atoms with Crippen LogP contribution in [-0.2, 0) is 10.0 Å². The van der Waals surface area contributed by atoms with E-state index in [0.29, 0.717) is 22.6 Å². The van der Waals surface area contributed by atoms with Gasteiger partial charge in [-0.1, -0.05) is 12.1 Å². The monoisotopic (exact) mass is 348 g/mol. The highest BCUT2D eigenvalue weighted by molar-refractivity contribution is 7.89. The standard InChI is InChI=1S/C17H20N2O4S/c1-11-5-6-12(2)17(9-11)24(21,22)19-18-13(3)15-10-14(23-4)7-8-16(15)20/h5-10,19-20H,1-4H3/b18-13+. The molecule has 7 heteroatoms. The number of aryl methyl sites for hydroxylation is 2. The Hall–Kier alpha value is -2.54. The van der Waals surface area contributed by atoms with Gasteiger partial charge in [0.2, 0.25) is 0 Å². The molecule has 0 aliphatic rings. The van der Waals surface area contributed by atoms with Crippen LogP contribution in [0, 0.1) is 13.8 Å². The Morgan fingerprint density at radius 1 is 1.17 bits per heavy atom. The van der Waals surface area contributed by atoms with E-state index >= 15 is 0 Å². The molecule has 2 rings (SSSR count). The van der Waals surface area contributed by atoms with Crippen LogP contribution < -0.4 is 9.57 Å². The van der Waals surface area contributed by atoms with Gasteiger partial charge in [-0.15, -0.1) is 0 Å². The van der Waals surface area contributed by atoms with Crippen molar-refractivity contribution in [2.45, 2.75) is 25.7 Å². The Morgan fingerprint density at radius 2 is 1.88 bits per heavy atom. The van der Waals surface area contributed by atoms with E-state index in [9.17, 15) is 13.5 Å². The highest BCUT2D eigenvalue weighted by Crippen LogP contribution is 2.23. The largest absolute Gasteiger partial charge is 0.507 e. The number of benzene rings is 2. The van der Waals surface area contributed by atoms with Gasteiger partial charge in [-0.3, -0.25) is 0 Å². The van der Waals surface area contributed by atoms with Gasteiger partial charge in [-0.2, -0.15) is 18.4 Å². The van der Waals surface area contributed by atoms with Crippen molar-refractivity contribution in [2.75, 3.05) is 7.11 Å². The van der Waals surface area contributed by atoms with Gasteiger partial charge in [0, 0.05) is 5.56 Å². The number of hydrogen-bond donors (Lipinski definition) is 2. The number of nitrogens with one attached hydrogen (secondary N) is 1. The van der Waals surface area contributed by atoms with E-state index in [1.165, 1.54) is 13.2 Å². The molecule has 0 saturated carbocycles. The van der Waals surface area contributed by atoms with Gasteiger partial charge in [0.25, 0.3) is 10.0 Å². The maximum Gasteiger partial charge on any atom is 0.276 e. The maximum absolute atomic E-state index is 12.4. The normalized spacial score (nSPS) is 12.1. The van der Waals surface area contributed by atoms with Crippen LogP contribution in [0.1, 0.15) is 23.6 Å². The molecule has 6 nitrogen and oxygen atoms in total. The van der Waals surface area contributed by atoms with Gasteiger partial charge >= 0.3 is 0 Å². The summed E-state index contributed by atoms with van der Waals surface area (Å²) in [4.78, 5) is 2.39. The van der Waals surface area contributed by atoms with Gasteiger partial charge in [0.05, 0.1) is 17.7 Å². The molecule has 2 aromatic rings. The summed E-state index contributed by atoms with van der Waals surface area (Å²) in [5, 5.41) is 13.8. The summed E-state index contributed by atoms with van der Waals surface area (Å²) in [5.41, 5.74) is 2.18. The first-order valence-electron chi connectivity index (χ1n) is 7.25. The number of methoxy groups -OCH3 is 1. The summed E-state index contributed by atoms with van der Waals surface area (Å²) in [6.45, 7) is 5.14.